The molecule has 0 aliphatic carbocycles. The number of benzene rings is 1. The maximum atomic E-state index is 14.6. The Bertz CT molecular complexity index is 2430. The third-order valence-corrected chi connectivity index (χ3v) is 16.3. The molecule has 3 aliphatic rings. The molecular formula is C56H91N5O17. The van der Waals surface area contributed by atoms with E-state index in [1.807, 2.05) is 38.9 Å². The summed E-state index contributed by atoms with van der Waals surface area (Å²) in [5.41, 5.74) is -4.03. The van der Waals surface area contributed by atoms with E-state index in [0.29, 0.717) is 49.0 Å². The molecule has 3 aliphatic heterocycles. The standard InChI is InChI=1S/C56H91N5O17/c1-17-41-56(10,70)48(65)32(4)44(58-72-16)30(2)27-54(8,69)49(78-53-46(64)40(59(11)12)25-31(3)73-53)33(5)47(34(6)52(68)75-41)77-43-28-55(9,71-15)50(35(7)74-43)76-42(62)22-24-57-23-18-19-36-20-21-39-37(26-36)45(63)38(51(66)67)29-61(39)60(13)14/h20-21,26,29-35,40-41,43,46-50,53,57,64-65,69-70H,17-19,22-25,27-28H2,1-16H3,(H,66,67)/b58-44+/t30-,31-,32-,33+,34-,35+,40+,41-,43+,46-,47+,48-,49-,50+,53+,54-,55-,56-/m1/s1. The quantitative estimate of drug-likeness (QED) is 0.0707. The van der Waals surface area contributed by atoms with Gasteiger partial charge in [-0.05, 0) is 112 Å². The number of aliphatic hydroxyl groups is 4. The molecule has 0 spiro atoms. The molecule has 0 radical (unpaired) electrons. The third kappa shape index (κ3) is 14.8. The number of likely N-dealkylation sites (N-methyl/N-ethyl adjacent to an activating group) is 1. The largest absolute Gasteiger partial charge is 0.477 e. The highest BCUT2D eigenvalue weighted by atomic mass is 16.7. The number of rotatable bonds is 18. The molecule has 78 heavy (non-hydrogen) atoms. The number of ether oxygens (including phenoxy) is 7. The Hall–Kier alpha value is -4.33. The van der Waals surface area contributed by atoms with Crippen molar-refractivity contribution in [3.63, 3.8) is 0 Å². The number of nitrogens with zero attached hydrogens (tertiary/aromatic N) is 4. The highest BCUT2D eigenvalue weighted by Crippen LogP contribution is 2.42. The lowest BCUT2D eigenvalue weighted by Gasteiger charge is -2.49. The van der Waals surface area contributed by atoms with Crippen molar-refractivity contribution in [2.45, 2.75) is 198 Å². The fourth-order valence-corrected chi connectivity index (χ4v) is 11.8. The van der Waals surface area contributed by atoms with Gasteiger partial charge in [0.25, 0.3) is 0 Å². The first-order valence-electron chi connectivity index (χ1n) is 27.4. The third-order valence-electron chi connectivity index (χ3n) is 16.3. The Morgan fingerprint density at radius 2 is 1.60 bits per heavy atom. The molecule has 0 bridgehead atoms. The van der Waals surface area contributed by atoms with Crippen LogP contribution in [0.25, 0.3) is 10.9 Å². The van der Waals surface area contributed by atoms with E-state index in [0.717, 1.165) is 5.56 Å². The molecule has 2 aromatic rings. The number of aliphatic hydroxyl groups excluding tert-OH is 2. The molecule has 22 nitrogen and oxygen atoms in total. The predicted molar refractivity (Wildman–Crippen MR) is 291 cm³/mol. The summed E-state index contributed by atoms with van der Waals surface area (Å²) in [5.74, 6) is -6.05. The van der Waals surface area contributed by atoms with Crippen LogP contribution in [-0.2, 0) is 54.0 Å². The van der Waals surface area contributed by atoms with Gasteiger partial charge in [-0.15, -0.1) is 0 Å². The number of methoxy groups -OCH3 is 1. The Labute approximate surface area is 459 Å². The second-order valence-corrected chi connectivity index (χ2v) is 23.1. The minimum absolute atomic E-state index is 0.0169. The van der Waals surface area contributed by atoms with E-state index in [1.54, 1.807) is 84.4 Å². The van der Waals surface area contributed by atoms with Gasteiger partial charge in [-0.1, -0.05) is 38.9 Å². The van der Waals surface area contributed by atoms with Crippen LogP contribution in [0.3, 0.4) is 0 Å². The van der Waals surface area contributed by atoms with Crippen LogP contribution in [0.5, 0.6) is 0 Å². The molecule has 22 heteroatoms. The van der Waals surface area contributed by atoms with Gasteiger partial charge in [0, 0.05) is 69.5 Å². The number of carbonyl (C=O) groups is 3. The lowest BCUT2D eigenvalue weighted by molar-refractivity contribution is -0.318. The van der Waals surface area contributed by atoms with Gasteiger partial charge in [-0.2, -0.15) is 0 Å². The summed E-state index contributed by atoms with van der Waals surface area (Å²) in [5, 5.41) is 67.7. The Balaban J connectivity index is 1.36. The Morgan fingerprint density at radius 3 is 2.21 bits per heavy atom. The predicted octanol–water partition coefficient (Wildman–Crippen LogP) is 3.59. The number of pyridine rings is 1. The molecule has 18 atom stereocenters. The SMILES string of the molecule is CC[C@H]1OC(=O)[C@H](C)[C@@H](O[C@H]2C[C@@](C)(OC)[C@@H](OC(=O)CCNCCCc3ccc4c(c3)c(=O)c(C(=O)O)cn4N(C)C)[C@H](C)O2)[C@H](C)[C@@H](O[C@@H]2O[C@H](C)C[C@H](N(C)C)[C@H]2O)[C@](C)(O)C[C@@H](C)/C(=N\OC)[C@@H](C)[C@@H](O)[C@]1(C)O. The molecule has 3 fully saturated rings. The van der Waals surface area contributed by atoms with Gasteiger partial charge < -0.3 is 78.8 Å². The number of aromatic nitrogens is 1. The fraction of sp³-hybridized carbons (Fsp3) is 0.768. The van der Waals surface area contributed by atoms with E-state index >= 15 is 0 Å². The average Bonchev–Trinajstić information content (AvgIpc) is 3.44. The number of aromatic carboxylic acids is 1. The van der Waals surface area contributed by atoms with Crippen molar-refractivity contribution in [1.29, 1.82) is 0 Å². The van der Waals surface area contributed by atoms with Crippen LogP contribution < -0.4 is 15.8 Å². The van der Waals surface area contributed by atoms with E-state index in [4.69, 9.17) is 38.0 Å². The summed E-state index contributed by atoms with van der Waals surface area (Å²) in [7, 11) is 10.1. The van der Waals surface area contributed by atoms with Crippen LogP contribution in [0.1, 0.15) is 124 Å². The van der Waals surface area contributed by atoms with E-state index in [1.165, 1.54) is 27.3 Å². The van der Waals surface area contributed by atoms with Crippen LogP contribution >= 0.6 is 0 Å². The van der Waals surface area contributed by atoms with E-state index < -0.39 is 119 Å². The van der Waals surface area contributed by atoms with Crippen molar-refractivity contribution in [2.24, 2.45) is 28.8 Å². The number of cyclic esters (lactones) is 1. The number of aryl methyl sites for hydroxylation is 1. The minimum Gasteiger partial charge on any atom is -0.477 e. The van der Waals surface area contributed by atoms with Crippen molar-refractivity contribution in [2.75, 3.05) is 60.5 Å². The average molecular weight is 1110 g/mol. The maximum absolute atomic E-state index is 14.6. The van der Waals surface area contributed by atoms with Gasteiger partial charge in [-0.3, -0.25) is 19.1 Å². The topological polar surface area (TPSA) is 279 Å². The highest BCUT2D eigenvalue weighted by Gasteiger charge is 2.54. The second-order valence-electron chi connectivity index (χ2n) is 23.1. The zero-order valence-corrected chi connectivity index (χ0v) is 48.8. The fourth-order valence-electron chi connectivity index (χ4n) is 11.8. The van der Waals surface area contributed by atoms with Crippen LogP contribution in [0.4, 0.5) is 0 Å². The van der Waals surface area contributed by atoms with Gasteiger partial charge in [0.05, 0.1) is 59.7 Å². The summed E-state index contributed by atoms with van der Waals surface area (Å²) >= 11 is 0. The van der Waals surface area contributed by atoms with E-state index in [-0.39, 0.29) is 43.4 Å². The van der Waals surface area contributed by atoms with Crippen molar-refractivity contribution in [1.82, 2.24) is 14.9 Å². The number of fused-ring (bicyclic) bond motifs is 1. The Morgan fingerprint density at radius 1 is 0.923 bits per heavy atom. The molecule has 1 aromatic carbocycles. The highest BCUT2D eigenvalue weighted by molar-refractivity contribution is 5.93. The molecular weight excluding hydrogens is 1010 g/mol. The monoisotopic (exact) mass is 1110 g/mol. The molecule has 3 saturated heterocycles. The lowest BCUT2D eigenvalue weighted by atomic mass is 9.73. The van der Waals surface area contributed by atoms with Gasteiger partial charge >= 0.3 is 17.9 Å². The summed E-state index contributed by atoms with van der Waals surface area (Å²) in [4.78, 5) is 60.1. The summed E-state index contributed by atoms with van der Waals surface area (Å²) < 4.78 is 46.4. The number of carboxylic acid groups (broad SMARTS) is 1. The van der Waals surface area contributed by atoms with Crippen molar-refractivity contribution >= 4 is 34.5 Å². The van der Waals surface area contributed by atoms with Crippen LogP contribution in [0.2, 0.25) is 0 Å². The first-order chi connectivity index (χ1) is 36.4. The summed E-state index contributed by atoms with van der Waals surface area (Å²) in [6.45, 7) is 17.8. The maximum Gasteiger partial charge on any atom is 0.341 e. The number of carbonyl (C=O) groups excluding carboxylic acids is 2. The normalized spacial score (nSPS) is 37.0. The molecule has 6 N–H and O–H groups in total. The number of esters is 2. The molecule has 4 heterocycles. The molecule has 5 rings (SSSR count). The number of hydrogen-bond acceptors (Lipinski definition) is 20. The van der Waals surface area contributed by atoms with Gasteiger partial charge in [0.15, 0.2) is 18.7 Å². The van der Waals surface area contributed by atoms with Crippen LogP contribution in [-0.4, -0.2) is 198 Å². The zero-order valence-electron chi connectivity index (χ0n) is 48.8. The van der Waals surface area contributed by atoms with E-state index in [9.17, 15) is 44.7 Å². The van der Waals surface area contributed by atoms with Crippen molar-refractivity contribution in [3.05, 3.63) is 45.7 Å². The summed E-state index contributed by atoms with van der Waals surface area (Å²) in [6, 6.07) is 5.07. The smallest absolute Gasteiger partial charge is 0.341 e. The Kier molecular flexibility index (Phi) is 22.3. The molecule has 0 amide bonds. The number of hydrogen-bond donors (Lipinski definition) is 6. The van der Waals surface area contributed by atoms with Gasteiger partial charge in [0.1, 0.15) is 36.1 Å². The second kappa shape index (κ2) is 27.0. The van der Waals surface area contributed by atoms with Crippen molar-refractivity contribution in [3.8, 4) is 0 Å². The molecule has 1 aromatic heterocycles. The summed E-state index contributed by atoms with van der Waals surface area (Å²) in [6.07, 6.45) is -7.38. The number of oxime groups is 1. The van der Waals surface area contributed by atoms with E-state index in [2.05, 4.69) is 10.5 Å². The molecule has 0 saturated carbocycles. The van der Waals surface area contributed by atoms with Gasteiger partial charge in [0.2, 0.25) is 5.43 Å². The first kappa shape index (κ1) is 64.5. The first-order valence-corrected chi connectivity index (χ1v) is 27.4. The van der Waals surface area contributed by atoms with Crippen LogP contribution in [0.15, 0.2) is 34.3 Å². The van der Waals surface area contributed by atoms with Crippen molar-refractivity contribution < 1.29 is 77.9 Å². The minimum atomic E-state index is -1.98. The lowest BCUT2D eigenvalue weighted by Crippen LogP contribution is -2.61. The van der Waals surface area contributed by atoms with Crippen LogP contribution in [0, 0.1) is 23.7 Å². The molecule has 442 valence electrons. The van der Waals surface area contributed by atoms with Gasteiger partial charge in [-0.25, -0.2) is 4.79 Å². The number of carboxylic acids is 1. The zero-order chi connectivity index (χ0) is 58.4. The molecule has 0 unspecified atom stereocenters. The number of nitrogens with one attached hydrogen (secondary N) is 1.